The second kappa shape index (κ2) is 3.96. The zero-order valence-corrected chi connectivity index (χ0v) is 6.75. The van der Waals surface area contributed by atoms with Crippen LogP contribution in [0.2, 0.25) is 0 Å². The van der Waals surface area contributed by atoms with Crippen molar-refractivity contribution in [2.45, 2.75) is 26.2 Å². The minimum absolute atomic E-state index is 1.17. The van der Waals surface area contributed by atoms with Gasteiger partial charge < -0.3 is 5.21 Å². The molecule has 0 bridgehead atoms. The average molecular weight is 151 g/mol. The molecular weight excluding hydrogens is 138 g/mol. The van der Waals surface area contributed by atoms with Crippen LogP contribution < -0.4 is 0 Å². The van der Waals surface area contributed by atoms with Crippen molar-refractivity contribution in [3.8, 4) is 0 Å². The van der Waals surface area contributed by atoms with E-state index in [1.54, 1.807) is 6.08 Å². The highest BCUT2D eigenvalue weighted by Gasteiger charge is 2.06. The standard InChI is InChI=1S/C9H13NO/c1-8-4-2-5-9(8)6-3-7-10-11/h3,6-7,11H,2,4-5H2,1H3/b6-3-,10-7+. The van der Waals surface area contributed by atoms with Gasteiger partial charge in [0.1, 0.15) is 0 Å². The van der Waals surface area contributed by atoms with E-state index in [9.17, 15) is 0 Å². The molecule has 11 heavy (non-hydrogen) atoms. The first-order valence-corrected chi connectivity index (χ1v) is 3.87. The smallest absolute Gasteiger partial charge is 0.0661 e. The molecule has 0 unspecified atom stereocenters. The lowest BCUT2D eigenvalue weighted by Crippen LogP contribution is -1.73. The molecule has 0 aromatic rings. The lowest BCUT2D eigenvalue weighted by Gasteiger charge is -1.91. The van der Waals surface area contributed by atoms with Gasteiger partial charge in [0.25, 0.3) is 0 Å². The topological polar surface area (TPSA) is 32.6 Å². The Hall–Kier alpha value is -1.05. The van der Waals surface area contributed by atoms with Crippen LogP contribution in [-0.4, -0.2) is 11.4 Å². The molecule has 0 radical (unpaired) electrons. The van der Waals surface area contributed by atoms with Crippen LogP contribution in [0, 0.1) is 0 Å². The summed E-state index contributed by atoms with van der Waals surface area (Å²) in [6, 6.07) is 0. The van der Waals surface area contributed by atoms with Gasteiger partial charge in [-0.1, -0.05) is 16.8 Å². The van der Waals surface area contributed by atoms with Gasteiger partial charge in [-0.3, -0.25) is 0 Å². The molecule has 0 atom stereocenters. The van der Waals surface area contributed by atoms with Gasteiger partial charge in [-0.05, 0) is 37.8 Å². The molecule has 0 heterocycles. The van der Waals surface area contributed by atoms with Crippen molar-refractivity contribution in [2.75, 3.05) is 0 Å². The van der Waals surface area contributed by atoms with E-state index in [2.05, 4.69) is 12.1 Å². The Labute approximate surface area is 66.9 Å². The van der Waals surface area contributed by atoms with Crippen molar-refractivity contribution in [3.63, 3.8) is 0 Å². The molecule has 0 fully saturated rings. The van der Waals surface area contributed by atoms with Crippen LogP contribution in [0.15, 0.2) is 28.5 Å². The van der Waals surface area contributed by atoms with E-state index in [0.717, 1.165) is 0 Å². The van der Waals surface area contributed by atoms with Crippen molar-refractivity contribution >= 4 is 6.21 Å². The van der Waals surface area contributed by atoms with E-state index < -0.39 is 0 Å². The fourth-order valence-electron chi connectivity index (χ4n) is 1.34. The van der Waals surface area contributed by atoms with E-state index in [1.165, 1.54) is 36.6 Å². The van der Waals surface area contributed by atoms with Crippen LogP contribution in [0.25, 0.3) is 0 Å². The normalized spacial score (nSPS) is 19.4. The quantitative estimate of drug-likeness (QED) is 0.367. The van der Waals surface area contributed by atoms with Crippen molar-refractivity contribution in [1.29, 1.82) is 0 Å². The first-order valence-electron chi connectivity index (χ1n) is 3.87. The Morgan fingerprint density at radius 3 is 2.82 bits per heavy atom. The summed E-state index contributed by atoms with van der Waals surface area (Å²) in [6.07, 6.45) is 8.82. The fourth-order valence-corrected chi connectivity index (χ4v) is 1.34. The molecule has 0 spiro atoms. The summed E-state index contributed by atoms with van der Waals surface area (Å²) in [5.74, 6) is 0. The van der Waals surface area contributed by atoms with Crippen LogP contribution in [0.5, 0.6) is 0 Å². The molecule has 1 N–H and O–H groups in total. The number of hydrogen-bond donors (Lipinski definition) is 1. The highest BCUT2D eigenvalue weighted by Crippen LogP contribution is 2.25. The van der Waals surface area contributed by atoms with Crippen molar-refractivity contribution in [2.24, 2.45) is 5.16 Å². The number of oxime groups is 1. The Bertz CT molecular complexity index is 214. The molecule has 2 heteroatoms. The average Bonchev–Trinajstić information content (AvgIpc) is 2.37. The molecule has 0 aromatic carbocycles. The molecule has 0 saturated carbocycles. The lowest BCUT2D eigenvalue weighted by molar-refractivity contribution is 0.322. The monoisotopic (exact) mass is 151 g/mol. The molecule has 60 valence electrons. The van der Waals surface area contributed by atoms with Crippen LogP contribution in [0.3, 0.4) is 0 Å². The van der Waals surface area contributed by atoms with Gasteiger partial charge in [-0.15, -0.1) is 0 Å². The van der Waals surface area contributed by atoms with E-state index in [1.807, 2.05) is 6.08 Å². The van der Waals surface area contributed by atoms with Gasteiger partial charge in [0.15, 0.2) is 0 Å². The van der Waals surface area contributed by atoms with Crippen LogP contribution in [0.1, 0.15) is 26.2 Å². The zero-order chi connectivity index (χ0) is 8.10. The van der Waals surface area contributed by atoms with Crippen molar-refractivity contribution in [1.82, 2.24) is 0 Å². The zero-order valence-electron chi connectivity index (χ0n) is 6.75. The Kier molecular flexibility index (Phi) is 2.90. The predicted octanol–water partition coefficient (Wildman–Crippen LogP) is 2.50. The summed E-state index contributed by atoms with van der Waals surface area (Å²) in [5, 5.41) is 11.0. The Balaban J connectivity index is 2.54. The Morgan fingerprint density at radius 2 is 2.27 bits per heavy atom. The molecule has 0 aliphatic heterocycles. The summed E-state index contributed by atoms with van der Waals surface area (Å²) in [7, 11) is 0. The predicted molar refractivity (Wildman–Crippen MR) is 46.0 cm³/mol. The second-order valence-electron chi connectivity index (χ2n) is 2.78. The summed E-state index contributed by atoms with van der Waals surface area (Å²) >= 11 is 0. The minimum Gasteiger partial charge on any atom is -0.411 e. The highest BCUT2D eigenvalue weighted by atomic mass is 16.4. The second-order valence-corrected chi connectivity index (χ2v) is 2.78. The first-order chi connectivity index (χ1) is 5.34. The third-order valence-electron chi connectivity index (χ3n) is 2.00. The molecule has 1 rings (SSSR count). The van der Waals surface area contributed by atoms with Gasteiger partial charge in [-0.2, -0.15) is 0 Å². The van der Waals surface area contributed by atoms with Crippen LogP contribution in [-0.2, 0) is 0 Å². The van der Waals surface area contributed by atoms with E-state index in [4.69, 9.17) is 5.21 Å². The summed E-state index contributed by atoms with van der Waals surface area (Å²) in [5.41, 5.74) is 2.86. The molecule has 2 nitrogen and oxygen atoms in total. The molecule has 1 aliphatic rings. The van der Waals surface area contributed by atoms with Gasteiger partial charge in [0.05, 0.1) is 6.21 Å². The highest BCUT2D eigenvalue weighted by molar-refractivity contribution is 5.71. The number of nitrogens with zero attached hydrogens (tertiary/aromatic N) is 1. The molecule has 1 aliphatic carbocycles. The van der Waals surface area contributed by atoms with E-state index in [0.29, 0.717) is 0 Å². The molecular formula is C9H13NO. The maximum absolute atomic E-state index is 8.11. The third kappa shape index (κ3) is 2.22. The summed E-state index contributed by atoms with van der Waals surface area (Å²) in [6.45, 7) is 2.16. The Morgan fingerprint density at radius 1 is 1.45 bits per heavy atom. The molecule has 0 aromatic heterocycles. The van der Waals surface area contributed by atoms with Crippen molar-refractivity contribution in [3.05, 3.63) is 23.3 Å². The van der Waals surface area contributed by atoms with Gasteiger partial charge in [0, 0.05) is 0 Å². The first kappa shape index (κ1) is 8.05. The van der Waals surface area contributed by atoms with Gasteiger partial charge >= 0.3 is 0 Å². The summed E-state index contributed by atoms with van der Waals surface area (Å²) in [4.78, 5) is 0. The minimum atomic E-state index is 1.17. The van der Waals surface area contributed by atoms with Gasteiger partial charge in [-0.25, -0.2) is 0 Å². The summed E-state index contributed by atoms with van der Waals surface area (Å²) < 4.78 is 0. The number of hydrogen-bond acceptors (Lipinski definition) is 2. The SMILES string of the molecule is CC1=C(/C=C\C=N\O)CCC1. The maximum Gasteiger partial charge on any atom is 0.0661 e. The third-order valence-corrected chi connectivity index (χ3v) is 2.00. The molecule has 0 amide bonds. The number of rotatable bonds is 2. The molecule has 0 saturated heterocycles. The van der Waals surface area contributed by atoms with Crippen LogP contribution >= 0.6 is 0 Å². The van der Waals surface area contributed by atoms with Crippen molar-refractivity contribution < 1.29 is 5.21 Å². The van der Waals surface area contributed by atoms with E-state index in [-0.39, 0.29) is 0 Å². The largest absolute Gasteiger partial charge is 0.411 e. The van der Waals surface area contributed by atoms with Crippen LogP contribution in [0.4, 0.5) is 0 Å². The van der Waals surface area contributed by atoms with E-state index >= 15 is 0 Å². The number of allylic oxidation sites excluding steroid dienone is 4. The lowest BCUT2D eigenvalue weighted by atomic mass is 10.2. The van der Waals surface area contributed by atoms with Gasteiger partial charge in [0.2, 0.25) is 0 Å². The fraction of sp³-hybridized carbons (Fsp3) is 0.444. The maximum atomic E-state index is 8.11.